The molecule has 0 saturated heterocycles. The van der Waals surface area contributed by atoms with Crippen LogP contribution in [0.4, 0.5) is 13.2 Å². The van der Waals surface area contributed by atoms with Gasteiger partial charge in [-0.2, -0.15) is 8.78 Å². The largest absolute Gasteiger partial charge is 0.346 e. The molecule has 4 heteroatoms. The molecule has 158 valence electrons. The van der Waals surface area contributed by atoms with Gasteiger partial charge in [-0.25, -0.2) is 4.39 Å². The van der Waals surface area contributed by atoms with Crippen LogP contribution in [0, 0.1) is 17.8 Å². The molecule has 2 saturated carbocycles. The van der Waals surface area contributed by atoms with Crippen LogP contribution < -0.4 is 0 Å². The summed E-state index contributed by atoms with van der Waals surface area (Å²) in [5.41, 5.74) is -0.954. The zero-order chi connectivity index (χ0) is 20.0. The van der Waals surface area contributed by atoms with E-state index in [4.69, 9.17) is 4.74 Å². The van der Waals surface area contributed by atoms with Gasteiger partial charge in [-0.15, -0.1) is 0 Å². The second-order valence-corrected chi connectivity index (χ2v) is 8.91. The van der Waals surface area contributed by atoms with Crippen LogP contribution in [0.5, 0.6) is 0 Å². The second kappa shape index (κ2) is 10.1. The first-order chi connectivity index (χ1) is 13.5. The second-order valence-electron chi connectivity index (χ2n) is 8.91. The predicted octanol–water partition coefficient (Wildman–Crippen LogP) is 7.65. The first-order valence-corrected chi connectivity index (χ1v) is 11.2. The number of unbranched alkanes of at least 4 members (excludes halogenated alkanes) is 2. The summed E-state index contributed by atoms with van der Waals surface area (Å²) in [7, 11) is 0. The van der Waals surface area contributed by atoms with Gasteiger partial charge in [0.2, 0.25) is 0 Å². The van der Waals surface area contributed by atoms with E-state index in [1.165, 1.54) is 51.4 Å². The molecule has 0 N–H and O–H groups in total. The Morgan fingerprint density at radius 2 is 1.71 bits per heavy atom. The average Bonchev–Trinajstić information content (AvgIpc) is 2.71. The summed E-state index contributed by atoms with van der Waals surface area (Å²) >= 11 is 0. The fourth-order valence-corrected chi connectivity index (χ4v) is 5.60. The first-order valence-electron chi connectivity index (χ1n) is 11.2. The van der Waals surface area contributed by atoms with Crippen molar-refractivity contribution >= 4 is 0 Å². The van der Waals surface area contributed by atoms with E-state index in [-0.39, 0.29) is 0 Å². The zero-order valence-electron chi connectivity index (χ0n) is 17.1. The van der Waals surface area contributed by atoms with Crippen LogP contribution in [0.2, 0.25) is 0 Å². The maximum absolute atomic E-state index is 15.4. The third-order valence-electron chi connectivity index (χ3n) is 7.24. The van der Waals surface area contributed by atoms with Gasteiger partial charge >= 0.3 is 6.61 Å². The van der Waals surface area contributed by atoms with Crippen LogP contribution in [0.15, 0.2) is 30.3 Å². The Labute approximate surface area is 168 Å². The Bertz CT molecular complexity index is 570. The smallest absolute Gasteiger partial charge is 0.308 e. The van der Waals surface area contributed by atoms with Crippen LogP contribution in [-0.2, 0) is 10.3 Å². The highest BCUT2D eigenvalue weighted by Gasteiger charge is 2.49. The van der Waals surface area contributed by atoms with Gasteiger partial charge in [-0.1, -0.05) is 75.8 Å². The fourth-order valence-electron chi connectivity index (χ4n) is 5.60. The van der Waals surface area contributed by atoms with Gasteiger partial charge in [0.1, 0.15) is 11.8 Å². The minimum atomic E-state index is -2.96. The molecule has 3 rings (SSSR count). The van der Waals surface area contributed by atoms with Crippen molar-refractivity contribution in [2.45, 2.75) is 95.9 Å². The standard InChI is InChI=1S/C24H35F3O/c1-2-3-5-8-18-11-13-19(14-12-18)20-15-16-24(22(25)17-20,28-23(26)27)21-9-6-4-7-10-21/h4,6-7,9-10,18-20,22-23H,2-3,5,8,11-17H2,1H3. The van der Waals surface area contributed by atoms with Gasteiger partial charge in [-0.05, 0) is 55.4 Å². The number of halogens is 3. The molecule has 2 fully saturated rings. The minimum Gasteiger partial charge on any atom is -0.308 e. The number of rotatable bonds is 8. The van der Waals surface area contributed by atoms with Gasteiger partial charge in [0.05, 0.1) is 0 Å². The van der Waals surface area contributed by atoms with E-state index in [1.807, 2.05) is 6.07 Å². The van der Waals surface area contributed by atoms with Gasteiger partial charge in [0.25, 0.3) is 0 Å². The first kappa shape index (κ1) is 21.7. The molecule has 0 spiro atoms. The third-order valence-corrected chi connectivity index (χ3v) is 7.24. The highest BCUT2D eigenvalue weighted by atomic mass is 19.3. The zero-order valence-corrected chi connectivity index (χ0v) is 17.1. The molecule has 1 aromatic rings. The summed E-state index contributed by atoms with van der Waals surface area (Å²) in [5.74, 6) is 1.67. The Kier molecular flexibility index (Phi) is 7.85. The lowest BCUT2D eigenvalue weighted by atomic mass is 9.65. The van der Waals surface area contributed by atoms with Crippen molar-refractivity contribution in [2.24, 2.45) is 17.8 Å². The van der Waals surface area contributed by atoms with E-state index in [0.717, 1.165) is 12.3 Å². The topological polar surface area (TPSA) is 9.23 Å². The predicted molar refractivity (Wildman–Crippen MR) is 107 cm³/mol. The van der Waals surface area contributed by atoms with Crippen molar-refractivity contribution in [3.05, 3.63) is 35.9 Å². The Morgan fingerprint density at radius 1 is 1.00 bits per heavy atom. The average molecular weight is 397 g/mol. The summed E-state index contributed by atoms with van der Waals surface area (Å²) < 4.78 is 46.7. The van der Waals surface area contributed by atoms with Crippen molar-refractivity contribution in [2.75, 3.05) is 0 Å². The van der Waals surface area contributed by atoms with Crippen molar-refractivity contribution in [3.8, 4) is 0 Å². The monoisotopic (exact) mass is 396 g/mol. The van der Waals surface area contributed by atoms with E-state index in [2.05, 4.69) is 6.92 Å². The van der Waals surface area contributed by atoms with Crippen LogP contribution in [0.25, 0.3) is 0 Å². The molecule has 0 aromatic heterocycles. The summed E-state index contributed by atoms with van der Waals surface area (Å²) in [6.07, 6.45) is 10.1. The number of alkyl halides is 3. The SMILES string of the molecule is CCCCCC1CCC(C2CCC(OC(F)F)(c3ccccc3)C(F)C2)CC1. The van der Waals surface area contributed by atoms with E-state index in [1.54, 1.807) is 24.3 Å². The summed E-state index contributed by atoms with van der Waals surface area (Å²) in [6.45, 7) is -0.728. The molecule has 3 atom stereocenters. The molecule has 0 bridgehead atoms. The van der Waals surface area contributed by atoms with Gasteiger partial charge in [0, 0.05) is 0 Å². The normalized spacial score (nSPS) is 33.9. The minimum absolute atomic E-state index is 0.296. The molecule has 0 aliphatic heterocycles. The number of hydrogen-bond donors (Lipinski definition) is 0. The molecule has 28 heavy (non-hydrogen) atoms. The molecular formula is C24H35F3O. The van der Waals surface area contributed by atoms with Crippen LogP contribution in [0.3, 0.4) is 0 Å². The molecule has 1 aromatic carbocycles. The lowest BCUT2D eigenvalue weighted by Gasteiger charge is -2.45. The number of hydrogen-bond acceptors (Lipinski definition) is 1. The highest BCUT2D eigenvalue weighted by molar-refractivity contribution is 5.25. The van der Waals surface area contributed by atoms with E-state index in [0.29, 0.717) is 30.2 Å². The molecule has 2 aliphatic rings. The van der Waals surface area contributed by atoms with E-state index < -0.39 is 18.4 Å². The van der Waals surface area contributed by atoms with Gasteiger partial charge in [0.15, 0.2) is 0 Å². The number of ether oxygens (including phenoxy) is 1. The van der Waals surface area contributed by atoms with Crippen LogP contribution in [-0.4, -0.2) is 12.8 Å². The quantitative estimate of drug-likeness (QED) is 0.410. The summed E-state index contributed by atoms with van der Waals surface area (Å²) in [5, 5.41) is 0. The molecule has 3 unspecified atom stereocenters. The lowest BCUT2D eigenvalue weighted by Crippen LogP contribution is -2.47. The van der Waals surface area contributed by atoms with Crippen LogP contribution in [0.1, 0.15) is 83.1 Å². The molecule has 0 amide bonds. The molecule has 0 radical (unpaired) electrons. The van der Waals surface area contributed by atoms with E-state index in [9.17, 15) is 8.78 Å². The fraction of sp³-hybridized carbons (Fsp3) is 0.750. The van der Waals surface area contributed by atoms with Crippen molar-refractivity contribution < 1.29 is 17.9 Å². The van der Waals surface area contributed by atoms with Gasteiger partial charge < -0.3 is 4.74 Å². The third kappa shape index (κ3) is 5.11. The van der Waals surface area contributed by atoms with Crippen molar-refractivity contribution in [1.29, 1.82) is 0 Å². The van der Waals surface area contributed by atoms with Crippen LogP contribution >= 0.6 is 0 Å². The Balaban J connectivity index is 1.59. The Morgan fingerprint density at radius 3 is 2.32 bits per heavy atom. The molecule has 0 heterocycles. The highest BCUT2D eigenvalue weighted by Crippen LogP contribution is 2.49. The molecular weight excluding hydrogens is 361 g/mol. The number of benzene rings is 1. The van der Waals surface area contributed by atoms with Gasteiger partial charge in [-0.3, -0.25) is 0 Å². The van der Waals surface area contributed by atoms with Crippen molar-refractivity contribution in [1.82, 2.24) is 0 Å². The molecule has 2 aliphatic carbocycles. The maximum Gasteiger partial charge on any atom is 0.346 e. The Hall–Kier alpha value is -1.03. The molecule has 1 nitrogen and oxygen atoms in total. The summed E-state index contributed by atoms with van der Waals surface area (Å²) in [6, 6.07) is 8.79. The summed E-state index contributed by atoms with van der Waals surface area (Å²) in [4.78, 5) is 0. The van der Waals surface area contributed by atoms with E-state index >= 15 is 4.39 Å². The lowest BCUT2D eigenvalue weighted by molar-refractivity contribution is -0.249. The van der Waals surface area contributed by atoms with Crippen molar-refractivity contribution in [3.63, 3.8) is 0 Å². The maximum atomic E-state index is 15.4.